The second-order valence-corrected chi connectivity index (χ2v) is 3.14. The number of allylic oxidation sites excluding steroid dienone is 4. The molecule has 0 saturated heterocycles. The average Bonchev–Trinajstić information content (AvgIpc) is 2.43. The summed E-state index contributed by atoms with van der Waals surface area (Å²) < 4.78 is 0. The van der Waals surface area contributed by atoms with Gasteiger partial charge in [0.2, 0.25) is 0 Å². The molecular weight excluding hydrogens is 148 g/mol. The van der Waals surface area contributed by atoms with E-state index in [4.69, 9.17) is 0 Å². The van der Waals surface area contributed by atoms with Gasteiger partial charge in [0.25, 0.3) is 0 Å². The van der Waals surface area contributed by atoms with Crippen LogP contribution in [0.3, 0.4) is 0 Å². The van der Waals surface area contributed by atoms with E-state index in [1.807, 2.05) is 13.0 Å². The lowest BCUT2D eigenvalue weighted by molar-refractivity contribution is -0.114. The summed E-state index contributed by atoms with van der Waals surface area (Å²) in [7, 11) is 0. The van der Waals surface area contributed by atoms with Gasteiger partial charge in [-0.25, -0.2) is 0 Å². The number of Topliss-reactive ketones (excluding diaryl/α,β-unsaturated/α-hetero) is 1. The van der Waals surface area contributed by atoms with Crippen molar-refractivity contribution >= 4 is 5.78 Å². The number of carbonyl (C=O) groups is 1. The Labute approximate surface area is 74.2 Å². The van der Waals surface area contributed by atoms with Gasteiger partial charge in [-0.15, -0.1) is 0 Å². The third-order valence-corrected chi connectivity index (χ3v) is 2.24. The molecule has 1 nitrogen and oxygen atoms in total. The van der Waals surface area contributed by atoms with Gasteiger partial charge >= 0.3 is 0 Å². The summed E-state index contributed by atoms with van der Waals surface area (Å²) in [5.41, 5.74) is 2.23. The van der Waals surface area contributed by atoms with E-state index in [1.54, 1.807) is 0 Å². The number of rotatable bonds is 2. The van der Waals surface area contributed by atoms with Crippen molar-refractivity contribution in [3.05, 3.63) is 23.3 Å². The summed E-state index contributed by atoms with van der Waals surface area (Å²) in [4.78, 5) is 11.3. The van der Waals surface area contributed by atoms with E-state index in [-0.39, 0.29) is 0 Å². The molecule has 0 aromatic heterocycles. The molecule has 1 saturated carbocycles. The van der Waals surface area contributed by atoms with Crippen LogP contribution >= 0.6 is 0 Å². The van der Waals surface area contributed by atoms with Crippen LogP contribution in [0.4, 0.5) is 0 Å². The molecule has 0 unspecified atom stereocenters. The van der Waals surface area contributed by atoms with Crippen LogP contribution in [0.15, 0.2) is 23.3 Å². The standard InChI is InChI=1S/C11H16O/c1-3-5-6-9-7-8-11(12)10(9)4-2/h4,6H,3,5,7-8H2,1-2H3/b9-6-,10-4+. The van der Waals surface area contributed by atoms with Crippen LogP contribution < -0.4 is 0 Å². The molecule has 0 N–H and O–H groups in total. The molecule has 66 valence electrons. The fraction of sp³-hybridized carbons (Fsp3) is 0.545. The van der Waals surface area contributed by atoms with Crippen molar-refractivity contribution in [3.63, 3.8) is 0 Å². The Morgan fingerprint density at radius 2 is 2.17 bits per heavy atom. The van der Waals surface area contributed by atoms with Crippen molar-refractivity contribution in [1.82, 2.24) is 0 Å². The summed E-state index contributed by atoms with van der Waals surface area (Å²) in [6, 6.07) is 0. The summed E-state index contributed by atoms with van der Waals surface area (Å²) in [5, 5.41) is 0. The number of hydrogen-bond acceptors (Lipinski definition) is 1. The predicted molar refractivity (Wildman–Crippen MR) is 51.0 cm³/mol. The maximum Gasteiger partial charge on any atom is 0.163 e. The molecule has 0 amide bonds. The first kappa shape index (κ1) is 9.24. The molecule has 1 heteroatoms. The molecule has 1 aliphatic rings. The van der Waals surface area contributed by atoms with Gasteiger partial charge in [-0.3, -0.25) is 4.79 Å². The van der Waals surface area contributed by atoms with E-state index < -0.39 is 0 Å². The maximum absolute atomic E-state index is 11.3. The molecule has 0 aromatic carbocycles. The minimum Gasteiger partial charge on any atom is -0.294 e. The first-order valence-electron chi connectivity index (χ1n) is 4.68. The van der Waals surface area contributed by atoms with Crippen LogP contribution in [-0.4, -0.2) is 5.78 Å². The molecule has 0 radical (unpaired) electrons. The fourth-order valence-electron chi connectivity index (χ4n) is 1.57. The molecular formula is C11H16O. The van der Waals surface area contributed by atoms with Gasteiger partial charge in [-0.1, -0.05) is 25.5 Å². The van der Waals surface area contributed by atoms with Gasteiger partial charge < -0.3 is 0 Å². The Morgan fingerprint density at radius 1 is 1.42 bits per heavy atom. The molecule has 0 aliphatic heterocycles. The average molecular weight is 164 g/mol. The van der Waals surface area contributed by atoms with Crippen LogP contribution in [0.5, 0.6) is 0 Å². The van der Waals surface area contributed by atoms with Crippen molar-refractivity contribution in [2.45, 2.75) is 39.5 Å². The number of ketones is 1. The van der Waals surface area contributed by atoms with Crippen LogP contribution in [0.1, 0.15) is 39.5 Å². The zero-order chi connectivity index (χ0) is 8.97. The number of carbonyl (C=O) groups excluding carboxylic acids is 1. The van der Waals surface area contributed by atoms with E-state index in [1.165, 1.54) is 5.57 Å². The zero-order valence-corrected chi connectivity index (χ0v) is 7.89. The predicted octanol–water partition coefficient (Wildman–Crippen LogP) is 3.02. The SMILES string of the molecule is C/C=C1/C(=O)CC/C1=C/CCC. The van der Waals surface area contributed by atoms with E-state index in [2.05, 4.69) is 13.0 Å². The van der Waals surface area contributed by atoms with Crippen LogP contribution in [0.25, 0.3) is 0 Å². The van der Waals surface area contributed by atoms with E-state index in [9.17, 15) is 4.79 Å². The highest BCUT2D eigenvalue weighted by molar-refractivity contribution is 6.02. The smallest absolute Gasteiger partial charge is 0.163 e. The Hall–Kier alpha value is -0.850. The van der Waals surface area contributed by atoms with Gasteiger partial charge in [0.15, 0.2) is 5.78 Å². The van der Waals surface area contributed by atoms with Gasteiger partial charge in [0.05, 0.1) is 0 Å². The maximum atomic E-state index is 11.3. The molecule has 0 heterocycles. The highest BCUT2D eigenvalue weighted by Gasteiger charge is 2.20. The third kappa shape index (κ3) is 1.84. The molecule has 0 atom stereocenters. The second-order valence-electron chi connectivity index (χ2n) is 3.14. The summed E-state index contributed by atoms with van der Waals surface area (Å²) >= 11 is 0. The van der Waals surface area contributed by atoms with E-state index >= 15 is 0 Å². The minimum atomic E-state index is 0.319. The Bertz CT molecular complexity index is 233. The van der Waals surface area contributed by atoms with E-state index in [0.29, 0.717) is 5.78 Å². The van der Waals surface area contributed by atoms with Crippen molar-refractivity contribution in [2.24, 2.45) is 0 Å². The summed E-state index contributed by atoms with van der Waals surface area (Å²) in [6.45, 7) is 4.10. The first-order valence-corrected chi connectivity index (χ1v) is 4.68. The van der Waals surface area contributed by atoms with Gasteiger partial charge in [-0.05, 0) is 25.3 Å². The first-order chi connectivity index (χ1) is 5.79. The third-order valence-electron chi connectivity index (χ3n) is 2.24. The van der Waals surface area contributed by atoms with Crippen molar-refractivity contribution in [1.29, 1.82) is 0 Å². The monoisotopic (exact) mass is 164 g/mol. The molecule has 0 spiro atoms. The highest BCUT2D eigenvalue weighted by Crippen LogP contribution is 2.27. The second kappa shape index (κ2) is 4.24. The Kier molecular flexibility index (Phi) is 3.27. The minimum absolute atomic E-state index is 0.319. The molecule has 0 bridgehead atoms. The van der Waals surface area contributed by atoms with Crippen LogP contribution in [0.2, 0.25) is 0 Å². The van der Waals surface area contributed by atoms with Crippen molar-refractivity contribution in [2.75, 3.05) is 0 Å². The molecule has 1 fully saturated rings. The number of unbranched alkanes of at least 4 members (excludes halogenated alkanes) is 1. The normalized spacial score (nSPS) is 24.3. The Balaban J connectivity index is 2.74. The summed E-state index contributed by atoms with van der Waals surface area (Å²) in [5.74, 6) is 0.319. The lowest BCUT2D eigenvalue weighted by Gasteiger charge is -1.96. The van der Waals surface area contributed by atoms with Gasteiger partial charge in [0, 0.05) is 12.0 Å². The molecule has 0 aromatic rings. The molecule has 1 aliphatic carbocycles. The fourth-order valence-corrected chi connectivity index (χ4v) is 1.57. The van der Waals surface area contributed by atoms with Crippen molar-refractivity contribution in [3.8, 4) is 0 Å². The highest BCUT2D eigenvalue weighted by atomic mass is 16.1. The van der Waals surface area contributed by atoms with E-state index in [0.717, 1.165) is 31.3 Å². The summed E-state index contributed by atoms with van der Waals surface area (Å²) in [6.07, 6.45) is 8.08. The molecule has 1 rings (SSSR count). The lowest BCUT2D eigenvalue weighted by Crippen LogP contribution is -1.91. The van der Waals surface area contributed by atoms with Gasteiger partial charge in [-0.2, -0.15) is 0 Å². The Morgan fingerprint density at radius 3 is 2.75 bits per heavy atom. The van der Waals surface area contributed by atoms with Crippen LogP contribution in [0, 0.1) is 0 Å². The number of hydrogen-bond donors (Lipinski definition) is 0. The van der Waals surface area contributed by atoms with Crippen molar-refractivity contribution < 1.29 is 4.79 Å². The van der Waals surface area contributed by atoms with Gasteiger partial charge in [0.1, 0.15) is 0 Å². The quantitative estimate of drug-likeness (QED) is 0.573. The lowest BCUT2D eigenvalue weighted by atomic mass is 10.1. The largest absolute Gasteiger partial charge is 0.294 e. The molecule has 12 heavy (non-hydrogen) atoms. The van der Waals surface area contributed by atoms with Crippen LogP contribution in [-0.2, 0) is 4.79 Å². The topological polar surface area (TPSA) is 17.1 Å². The zero-order valence-electron chi connectivity index (χ0n) is 7.89.